The number of amides is 1. The van der Waals surface area contributed by atoms with E-state index in [1.54, 1.807) is 11.0 Å². The molecule has 1 aromatic rings. The number of hydrogen-bond acceptors (Lipinski definition) is 1. The lowest BCUT2D eigenvalue weighted by molar-refractivity contribution is 0.0680. The Morgan fingerprint density at radius 1 is 1.33 bits per heavy atom. The maximum absolute atomic E-state index is 13.2. The lowest BCUT2D eigenvalue weighted by Crippen LogP contribution is -2.39. The van der Waals surface area contributed by atoms with Crippen molar-refractivity contribution in [1.82, 2.24) is 4.90 Å². The van der Waals surface area contributed by atoms with Crippen molar-refractivity contribution < 1.29 is 9.18 Å². The number of halogens is 2. The maximum Gasteiger partial charge on any atom is 0.255 e. The van der Waals surface area contributed by atoms with E-state index in [0.29, 0.717) is 22.5 Å². The average Bonchev–Trinajstić information content (AvgIpc) is 2.27. The summed E-state index contributed by atoms with van der Waals surface area (Å²) in [4.78, 5) is 14.2. The summed E-state index contributed by atoms with van der Waals surface area (Å²) >= 11 is 3.30. The monoisotopic (exact) mass is 315 g/mol. The topological polar surface area (TPSA) is 20.3 Å². The van der Waals surface area contributed by atoms with Gasteiger partial charge in [0.1, 0.15) is 5.82 Å². The Bertz CT molecular complexity index is 432. The highest BCUT2D eigenvalue weighted by Crippen LogP contribution is 2.21. The first-order valence-corrected chi connectivity index (χ1v) is 6.88. The zero-order valence-corrected chi connectivity index (χ0v) is 12.8. The first kappa shape index (κ1) is 15.2. The van der Waals surface area contributed by atoms with Crippen molar-refractivity contribution >= 4 is 21.8 Å². The molecule has 0 spiro atoms. The SMILES string of the molecule is CC(C)CN(C(=O)c1cc(F)ccc1Br)C(C)C. The van der Waals surface area contributed by atoms with Gasteiger partial charge in [-0.15, -0.1) is 0 Å². The fourth-order valence-corrected chi connectivity index (χ4v) is 2.15. The molecule has 0 unspecified atom stereocenters. The summed E-state index contributed by atoms with van der Waals surface area (Å²) in [5, 5.41) is 0. The van der Waals surface area contributed by atoms with E-state index in [2.05, 4.69) is 29.8 Å². The van der Waals surface area contributed by atoms with Crippen LogP contribution in [0.5, 0.6) is 0 Å². The molecule has 2 nitrogen and oxygen atoms in total. The summed E-state index contributed by atoms with van der Waals surface area (Å²) in [5.41, 5.74) is 0.379. The Hall–Kier alpha value is -0.900. The fourth-order valence-electron chi connectivity index (χ4n) is 1.74. The third-order valence-electron chi connectivity index (χ3n) is 2.60. The standard InChI is InChI=1S/C14H19BrFNO/c1-9(2)8-17(10(3)4)14(18)12-7-11(16)5-6-13(12)15/h5-7,9-10H,8H2,1-4H3. The molecule has 0 saturated heterocycles. The molecule has 0 saturated carbocycles. The van der Waals surface area contributed by atoms with Crippen LogP contribution in [-0.2, 0) is 0 Å². The smallest absolute Gasteiger partial charge is 0.255 e. The van der Waals surface area contributed by atoms with E-state index in [9.17, 15) is 9.18 Å². The predicted molar refractivity (Wildman–Crippen MR) is 75.1 cm³/mol. The number of carbonyl (C=O) groups is 1. The zero-order chi connectivity index (χ0) is 13.9. The molecule has 0 radical (unpaired) electrons. The summed E-state index contributed by atoms with van der Waals surface area (Å²) in [7, 11) is 0. The molecule has 1 aromatic carbocycles. The van der Waals surface area contributed by atoms with Crippen molar-refractivity contribution in [2.75, 3.05) is 6.54 Å². The Labute approximate surface area is 116 Å². The molecule has 0 aliphatic rings. The molecule has 0 N–H and O–H groups in total. The lowest BCUT2D eigenvalue weighted by atomic mass is 10.1. The van der Waals surface area contributed by atoms with Crippen molar-refractivity contribution in [3.8, 4) is 0 Å². The third kappa shape index (κ3) is 3.80. The van der Waals surface area contributed by atoms with Crippen LogP contribution in [0.15, 0.2) is 22.7 Å². The summed E-state index contributed by atoms with van der Waals surface area (Å²) in [6.07, 6.45) is 0. The second kappa shape index (κ2) is 6.32. The van der Waals surface area contributed by atoms with Crippen LogP contribution < -0.4 is 0 Å². The molecule has 0 bridgehead atoms. The Morgan fingerprint density at radius 2 is 1.94 bits per heavy atom. The van der Waals surface area contributed by atoms with Crippen molar-refractivity contribution in [3.05, 3.63) is 34.1 Å². The Balaban J connectivity index is 3.05. The molecule has 0 heterocycles. The van der Waals surface area contributed by atoms with Gasteiger partial charge in [0.2, 0.25) is 0 Å². The lowest BCUT2D eigenvalue weighted by Gasteiger charge is -2.29. The van der Waals surface area contributed by atoms with E-state index in [0.717, 1.165) is 0 Å². The fraction of sp³-hybridized carbons (Fsp3) is 0.500. The van der Waals surface area contributed by atoms with Crippen LogP contribution in [0.4, 0.5) is 4.39 Å². The molecular formula is C14H19BrFNO. The van der Waals surface area contributed by atoms with Crippen molar-refractivity contribution in [2.45, 2.75) is 33.7 Å². The number of benzene rings is 1. The molecule has 100 valence electrons. The Kier molecular flexibility index (Phi) is 5.32. The van der Waals surface area contributed by atoms with Crippen molar-refractivity contribution in [3.63, 3.8) is 0 Å². The molecule has 0 aromatic heterocycles. The molecule has 0 aliphatic heterocycles. The van der Waals surface area contributed by atoms with Crippen LogP contribution in [0.3, 0.4) is 0 Å². The normalized spacial score (nSPS) is 11.1. The first-order valence-electron chi connectivity index (χ1n) is 6.09. The number of nitrogens with zero attached hydrogens (tertiary/aromatic N) is 1. The van der Waals surface area contributed by atoms with Gasteiger partial charge in [-0.05, 0) is 53.9 Å². The van der Waals surface area contributed by atoms with E-state index in [1.807, 2.05) is 13.8 Å². The predicted octanol–water partition coefficient (Wildman–Crippen LogP) is 4.09. The van der Waals surface area contributed by atoms with Gasteiger partial charge in [0, 0.05) is 17.1 Å². The van der Waals surface area contributed by atoms with Crippen LogP contribution in [0.1, 0.15) is 38.1 Å². The second-order valence-electron chi connectivity index (χ2n) is 5.07. The second-order valence-corrected chi connectivity index (χ2v) is 5.92. The summed E-state index contributed by atoms with van der Waals surface area (Å²) < 4.78 is 13.9. The number of rotatable bonds is 4. The van der Waals surface area contributed by atoms with Crippen LogP contribution in [0, 0.1) is 11.7 Å². The van der Waals surface area contributed by atoms with Gasteiger partial charge in [0.25, 0.3) is 5.91 Å². The van der Waals surface area contributed by atoms with Gasteiger partial charge in [0.15, 0.2) is 0 Å². The van der Waals surface area contributed by atoms with Crippen LogP contribution >= 0.6 is 15.9 Å². The summed E-state index contributed by atoms with van der Waals surface area (Å²) in [5.74, 6) is -0.149. The largest absolute Gasteiger partial charge is 0.336 e. The molecule has 18 heavy (non-hydrogen) atoms. The van der Waals surface area contributed by atoms with Gasteiger partial charge in [0.05, 0.1) is 5.56 Å². The highest BCUT2D eigenvalue weighted by molar-refractivity contribution is 9.10. The molecule has 4 heteroatoms. The average molecular weight is 316 g/mol. The number of hydrogen-bond donors (Lipinski definition) is 0. The summed E-state index contributed by atoms with van der Waals surface area (Å²) in [6, 6.07) is 4.27. The third-order valence-corrected chi connectivity index (χ3v) is 3.30. The minimum atomic E-state index is -0.394. The highest BCUT2D eigenvalue weighted by atomic mass is 79.9. The van der Waals surface area contributed by atoms with Gasteiger partial charge in [-0.25, -0.2) is 4.39 Å². The van der Waals surface area contributed by atoms with E-state index < -0.39 is 5.82 Å². The molecule has 1 rings (SSSR count). The molecule has 0 fully saturated rings. The van der Waals surface area contributed by atoms with Crippen molar-refractivity contribution in [2.24, 2.45) is 5.92 Å². The molecule has 0 atom stereocenters. The van der Waals surface area contributed by atoms with Gasteiger partial charge in [-0.2, -0.15) is 0 Å². The molecular weight excluding hydrogens is 297 g/mol. The van der Waals surface area contributed by atoms with E-state index in [-0.39, 0.29) is 11.9 Å². The maximum atomic E-state index is 13.2. The Morgan fingerprint density at radius 3 is 2.44 bits per heavy atom. The van der Waals surface area contributed by atoms with Gasteiger partial charge >= 0.3 is 0 Å². The van der Waals surface area contributed by atoms with Crippen molar-refractivity contribution in [1.29, 1.82) is 0 Å². The minimum Gasteiger partial charge on any atom is -0.336 e. The quantitative estimate of drug-likeness (QED) is 0.819. The zero-order valence-electron chi connectivity index (χ0n) is 11.2. The van der Waals surface area contributed by atoms with Crippen LogP contribution in [0.25, 0.3) is 0 Å². The van der Waals surface area contributed by atoms with Gasteiger partial charge < -0.3 is 4.90 Å². The van der Waals surface area contributed by atoms with E-state index in [1.165, 1.54) is 12.1 Å². The highest BCUT2D eigenvalue weighted by Gasteiger charge is 2.21. The summed E-state index contributed by atoms with van der Waals surface area (Å²) in [6.45, 7) is 8.72. The molecule has 1 amide bonds. The number of carbonyl (C=O) groups excluding carboxylic acids is 1. The van der Waals surface area contributed by atoms with Gasteiger partial charge in [-0.3, -0.25) is 4.79 Å². The van der Waals surface area contributed by atoms with Gasteiger partial charge in [-0.1, -0.05) is 13.8 Å². The first-order chi connectivity index (χ1) is 8.32. The molecule has 0 aliphatic carbocycles. The van der Waals surface area contributed by atoms with E-state index >= 15 is 0 Å². The van der Waals surface area contributed by atoms with E-state index in [4.69, 9.17) is 0 Å². The minimum absolute atomic E-state index is 0.0927. The van der Waals surface area contributed by atoms with Crippen LogP contribution in [-0.4, -0.2) is 23.4 Å². The van der Waals surface area contributed by atoms with Crippen LogP contribution in [0.2, 0.25) is 0 Å².